The largest absolute Gasteiger partial charge is 0.0654 e. The molecule has 5 saturated carbocycles. The van der Waals surface area contributed by atoms with Crippen LogP contribution in [0.3, 0.4) is 0 Å². The van der Waals surface area contributed by atoms with E-state index in [1.54, 1.807) is 25.7 Å². The van der Waals surface area contributed by atoms with Gasteiger partial charge in [-0.15, -0.1) is 0 Å². The minimum Gasteiger partial charge on any atom is -0.0654 e. The number of rotatable bonds is 14. The first-order chi connectivity index (χ1) is 15.4. The average Bonchev–Trinajstić information content (AvgIpc) is 3.72. The van der Waals surface area contributed by atoms with Crippen molar-refractivity contribution in [3.05, 3.63) is 0 Å². The summed E-state index contributed by atoms with van der Waals surface area (Å²) in [6, 6.07) is 0. The maximum absolute atomic E-state index is 2.72. The SMILES string of the molecule is CCCC(C)C(C)(C(C)CCC(C)CC12CC1(C)C2CCC)C(C)CC1CC12CC1CC12C. The third-order valence-electron chi connectivity index (χ3n) is 14.4. The summed E-state index contributed by atoms with van der Waals surface area (Å²) in [7, 11) is 0. The van der Waals surface area contributed by atoms with E-state index < -0.39 is 0 Å². The van der Waals surface area contributed by atoms with Crippen LogP contribution in [0.1, 0.15) is 139 Å². The lowest BCUT2D eigenvalue weighted by molar-refractivity contribution is 0.0166. The molecule has 0 aromatic rings. The van der Waals surface area contributed by atoms with Crippen molar-refractivity contribution < 1.29 is 0 Å². The molecular weight excluding hydrogens is 396 g/mol. The Bertz CT molecular complexity index is 753. The molecule has 5 rings (SSSR count). The lowest BCUT2D eigenvalue weighted by Gasteiger charge is -2.47. The van der Waals surface area contributed by atoms with Gasteiger partial charge in [-0.1, -0.05) is 88.0 Å². The van der Waals surface area contributed by atoms with E-state index in [0.29, 0.717) is 5.41 Å². The lowest BCUT2D eigenvalue weighted by Crippen LogP contribution is -2.40. The average molecular weight is 455 g/mol. The molecule has 0 nitrogen and oxygen atoms in total. The number of fused-ring (bicyclic) bond motifs is 3. The summed E-state index contributed by atoms with van der Waals surface area (Å²) >= 11 is 0. The topological polar surface area (TPSA) is 0 Å². The highest BCUT2D eigenvalue weighted by molar-refractivity contribution is 5.34. The fourth-order valence-corrected chi connectivity index (χ4v) is 11.0. The van der Waals surface area contributed by atoms with Gasteiger partial charge in [0.25, 0.3) is 0 Å². The normalized spacial score (nSPS) is 49.2. The van der Waals surface area contributed by atoms with Gasteiger partial charge in [0.15, 0.2) is 0 Å². The van der Waals surface area contributed by atoms with Crippen LogP contribution in [0.4, 0.5) is 0 Å². The number of hydrogen-bond acceptors (Lipinski definition) is 0. The Morgan fingerprint density at radius 1 is 0.818 bits per heavy atom. The van der Waals surface area contributed by atoms with Crippen molar-refractivity contribution in [2.45, 2.75) is 139 Å². The first-order valence-corrected chi connectivity index (χ1v) is 15.4. The molecule has 0 aromatic carbocycles. The lowest BCUT2D eigenvalue weighted by atomic mass is 9.58. The van der Waals surface area contributed by atoms with Crippen LogP contribution in [0.5, 0.6) is 0 Å². The summed E-state index contributed by atoms with van der Waals surface area (Å²) in [5.74, 6) is 6.77. The van der Waals surface area contributed by atoms with Crippen LogP contribution in [0, 0.1) is 68.5 Å². The Morgan fingerprint density at radius 3 is 2.06 bits per heavy atom. The van der Waals surface area contributed by atoms with Crippen molar-refractivity contribution >= 4 is 0 Å². The predicted octanol–water partition coefficient (Wildman–Crippen LogP) is 10.2. The molecule has 33 heavy (non-hydrogen) atoms. The van der Waals surface area contributed by atoms with Crippen molar-refractivity contribution in [2.24, 2.45) is 68.5 Å². The first kappa shape index (κ1) is 24.7. The molecule has 0 heterocycles. The van der Waals surface area contributed by atoms with Gasteiger partial charge in [-0.25, -0.2) is 0 Å². The van der Waals surface area contributed by atoms with Crippen molar-refractivity contribution in [1.29, 1.82) is 0 Å². The van der Waals surface area contributed by atoms with E-state index in [9.17, 15) is 0 Å². The molecule has 0 aromatic heterocycles. The molecular formula is C33H58. The monoisotopic (exact) mass is 454 g/mol. The molecule has 0 N–H and O–H groups in total. The minimum absolute atomic E-state index is 0.504. The Balaban J connectivity index is 1.17. The molecule has 12 unspecified atom stereocenters. The molecule has 0 heteroatoms. The summed E-state index contributed by atoms with van der Waals surface area (Å²) in [5.41, 5.74) is 3.66. The van der Waals surface area contributed by atoms with Gasteiger partial charge in [0.1, 0.15) is 0 Å². The van der Waals surface area contributed by atoms with E-state index in [4.69, 9.17) is 0 Å². The van der Waals surface area contributed by atoms with Gasteiger partial charge in [-0.3, -0.25) is 0 Å². The van der Waals surface area contributed by atoms with Gasteiger partial charge in [-0.2, -0.15) is 0 Å². The van der Waals surface area contributed by atoms with Gasteiger partial charge in [0.2, 0.25) is 0 Å². The van der Waals surface area contributed by atoms with E-state index in [-0.39, 0.29) is 0 Å². The van der Waals surface area contributed by atoms with Gasteiger partial charge < -0.3 is 0 Å². The van der Waals surface area contributed by atoms with Crippen molar-refractivity contribution in [3.8, 4) is 0 Å². The highest BCUT2D eigenvalue weighted by Crippen LogP contribution is 2.93. The van der Waals surface area contributed by atoms with E-state index in [2.05, 4.69) is 62.3 Å². The second-order valence-electron chi connectivity index (χ2n) is 15.7. The summed E-state index contributed by atoms with van der Waals surface area (Å²) in [6.07, 6.45) is 17.9. The second-order valence-corrected chi connectivity index (χ2v) is 15.7. The minimum atomic E-state index is 0.504. The zero-order valence-electron chi connectivity index (χ0n) is 24.0. The zero-order valence-corrected chi connectivity index (χ0v) is 24.0. The van der Waals surface area contributed by atoms with Crippen LogP contribution in [0.15, 0.2) is 0 Å². The highest BCUT2D eigenvalue weighted by atomic mass is 14.9. The summed E-state index contributed by atoms with van der Waals surface area (Å²) in [4.78, 5) is 0. The molecule has 1 spiro atoms. The van der Waals surface area contributed by atoms with Crippen LogP contribution in [-0.2, 0) is 0 Å². The summed E-state index contributed by atoms with van der Waals surface area (Å²) in [6.45, 7) is 23.3. The fourth-order valence-electron chi connectivity index (χ4n) is 11.0. The van der Waals surface area contributed by atoms with E-state index >= 15 is 0 Å². The molecule has 0 bridgehead atoms. The maximum atomic E-state index is 2.72. The van der Waals surface area contributed by atoms with Crippen LogP contribution >= 0.6 is 0 Å². The van der Waals surface area contributed by atoms with Gasteiger partial charge in [-0.05, 0) is 120 Å². The first-order valence-electron chi connectivity index (χ1n) is 15.4. The second kappa shape index (κ2) is 7.75. The molecule has 12 atom stereocenters. The van der Waals surface area contributed by atoms with Crippen LogP contribution in [-0.4, -0.2) is 0 Å². The predicted molar refractivity (Wildman–Crippen MR) is 143 cm³/mol. The van der Waals surface area contributed by atoms with Crippen LogP contribution in [0.2, 0.25) is 0 Å². The molecule has 0 aliphatic heterocycles. The third kappa shape index (κ3) is 3.33. The van der Waals surface area contributed by atoms with Crippen LogP contribution < -0.4 is 0 Å². The van der Waals surface area contributed by atoms with Gasteiger partial charge in [0.05, 0.1) is 0 Å². The molecule has 5 aliphatic carbocycles. The van der Waals surface area contributed by atoms with E-state index in [0.717, 1.165) is 63.1 Å². The highest BCUT2D eigenvalue weighted by Gasteiger charge is 2.86. The molecule has 0 radical (unpaired) electrons. The van der Waals surface area contributed by atoms with Crippen LogP contribution in [0.25, 0.3) is 0 Å². The molecule has 190 valence electrons. The quantitative estimate of drug-likeness (QED) is 0.245. The van der Waals surface area contributed by atoms with E-state index in [1.165, 1.54) is 51.4 Å². The Labute approximate surface area is 207 Å². The molecule has 5 aliphatic rings. The maximum Gasteiger partial charge on any atom is -0.0199 e. The Kier molecular flexibility index (Phi) is 5.80. The van der Waals surface area contributed by atoms with Crippen molar-refractivity contribution in [2.75, 3.05) is 0 Å². The van der Waals surface area contributed by atoms with E-state index in [1.807, 2.05) is 0 Å². The Morgan fingerprint density at radius 2 is 1.52 bits per heavy atom. The standard InChI is InChI=1S/C33H58/c1-10-12-23(4)31(9,25(6)16-26-19-32(26)20-27-18-29(27,32)7)24(5)15-14-22(3)17-33-21-30(33,8)28(33)13-11-2/h22-28H,10-21H2,1-9H3. The zero-order chi connectivity index (χ0) is 24.0. The van der Waals surface area contributed by atoms with Gasteiger partial charge in [0, 0.05) is 0 Å². The smallest absolute Gasteiger partial charge is 0.0199 e. The van der Waals surface area contributed by atoms with Gasteiger partial charge >= 0.3 is 0 Å². The summed E-state index contributed by atoms with van der Waals surface area (Å²) in [5, 5.41) is 0. The Hall–Kier alpha value is 0. The van der Waals surface area contributed by atoms with Crippen molar-refractivity contribution in [1.82, 2.24) is 0 Å². The summed E-state index contributed by atoms with van der Waals surface area (Å²) < 4.78 is 0. The molecule has 5 fully saturated rings. The fraction of sp³-hybridized carbons (Fsp3) is 1.00. The van der Waals surface area contributed by atoms with Crippen molar-refractivity contribution in [3.63, 3.8) is 0 Å². The third-order valence-corrected chi connectivity index (χ3v) is 14.4. The number of hydrogen-bond donors (Lipinski definition) is 0. The molecule has 0 saturated heterocycles. The molecule has 0 amide bonds.